The van der Waals surface area contributed by atoms with E-state index in [2.05, 4.69) is 17.1 Å². The number of nitrogens with zero attached hydrogens (tertiary/aromatic N) is 3. The molecule has 1 aromatic heterocycles. The summed E-state index contributed by atoms with van der Waals surface area (Å²) in [5, 5.41) is 4.03. The highest BCUT2D eigenvalue weighted by atomic mass is 16.5. The van der Waals surface area contributed by atoms with Gasteiger partial charge < -0.3 is 14.2 Å². The summed E-state index contributed by atoms with van der Waals surface area (Å²) in [5.74, 6) is 1.48. The van der Waals surface area contributed by atoms with Crippen molar-refractivity contribution >= 4 is 5.91 Å². The van der Waals surface area contributed by atoms with Crippen molar-refractivity contribution in [3.63, 3.8) is 0 Å². The molecule has 0 aliphatic carbocycles. The number of ether oxygens (including phenoxy) is 1. The summed E-state index contributed by atoms with van der Waals surface area (Å²) in [4.78, 5) is 18.6. The molecule has 0 saturated heterocycles. The number of amides is 1. The Bertz CT molecular complexity index is 919. The van der Waals surface area contributed by atoms with Crippen LogP contribution in [0.4, 0.5) is 0 Å². The van der Waals surface area contributed by atoms with Gasteiger partial charge in [-0.2, -0.15) is 4.98 Å². The van der Waals surface area contributed by atoms with Gasteiger partial charge >= 0.3 is 0 Å². The second-order valence-corrected chi connectivity index (χ2v) is 6.58. The van der Waals surface area contributed by atoms with E-state index in [1.165, 1.54) is 5.56 Å². The Morgan fingerprint density at radius 1 is 1.14 bits per heavy atom. The molecule has 0 bridgehead atoms. The van der Waals surface area contributed by atoms with E-state index in [0.29, 0.717) is 24.0 Å². The Labute approximate surface area is 165 Å². The minimum Gasteiger partial charge on any atom is -0.484 e. The van der Waals surface area contributed by atoms with Gasteiger partial charge in [0, 0.05) is 12.1 Å². The molecule has 146 valence electrons. The van der Waals surface area contributed by atoms with Crippen molar-refractivity contribution in [2.24, 2.45) is 0 Å². The van der Waals surface area contributed by atoms with Gasteiger partial charge in [-0.3, -0.25) is 4.79 Å². The molecule has 3 rings (SSSR count). The zero-order chi connectivity index (χ0) is 19.9. The lowest BCUT2D eigenvalue weighted by atomic mass is 10.1. The van der Waals surface area contributed by atoms with Crippen molar-refractivity contribution in [2.45, 2.75) is 33.7 Å². The van der Waals surface area contributed by atoms with Crippen molar-refractivity contribution in [3.05, 3.63) is 65.5 Å². The first-order valence-corrected chi connectivity index (χ1v) is 9.48. The van der Waals surface area contributed by atoms with Gasteiger partial charge in [0.2, 0.25) is 11.7 Å². The number of hydrogen-bond acceptors (Lipinski definition) is 5. The molecule has 0 saturated carbocycles. The topological polar surface area (TPSA) is 68.5 Å². The molecule has 1 amide bonds. The lowest BCUT2D eigenvalue weighted by molar-refractivity contribution is -0.134. The maximum absolute atomic E-state index is 12.5. The molecule has 2 aromatic carbocycles. The van der Waals surface area contributed by atoms with Crippen molar-refractivity contribution in [3.8, 4) is 17.1 Å². The number of aryl methyl sites for hydroxylation is 2. The molecule has 28 heavy (non-hydrogen) atoms. The third kappa shape index (κ3) is 4.97. The monoisotopic (exact) mass is 379 g/mol. The molecular formula is C22H25N3O3. The molecule has 0 unspecified atom stereocenters. The summed E-state index contributed by atoms with van der Waals surface area (Å²) >= 11 is 0. The fourth-order valence-corrected chi connectivity index (χ4v) is 2.82. The van der Waals surface area contributed by atoms with E-state index in [9.17, 15) is 4.79 Å². The number of rotatable bonds is 8. The number of hydrogen-bond donors (Lipinski definition) is 0. The van der Waals surface area contributed by atoms with Gasteiger partial charge in [-0.05, 0) is 44.0 Å². The predicted octanol–water partition coefficient (Wildman–Crippen LogP) is 4.03. The third-order valence-corrected chi connectivity index (χ3v) is 4.50. The largest absolute Gasteiger partial charge is 0.484 e. The normalized spacial score (nSPS) is 10.7. The molecule has 1 heterocycles. The summed E-state index contributed by atoms with van der Waals surface area (Å²) in [6.07, 6.45) is 0.970. The van der Waals surface area contributed by atoms with Crippen LogP contribution in [0.15, 0.2) is 53.1 Å². The van der Waals surface area contributed by atoms with Gasteiger partial charge in [0.05, 0.1) is 0 Å². The SMILES string of the molecule is CCc1ccc(OCC(=O)N(CC)Cc2nc(-c3cccc(C)c3)no2)cc1. The van der Waals surface area contributed by atoms with E-state index in [1.54, 1.807) is 4.90 Å². The van der Waals surface area contributed by atoms with Gasteiger partial charge in [-0.15, -0.1) is 0 Å². The molecule has 3 aromatic rings. The van der Waals surface area contributed by atoms with Crippen LogP contribution in [-0.4, -0.2) is 34.1 Å². The maximum Gasteiger partial charge on any atom is 0.260 e. The fraction of sp³-hybridized carbons (Fsp3) is 0.318. The highest BCUT2D eigenvalue weighted by Crippen LogP contribution is 2.18. The predicted molar refractivity (Wildman–Crippen MR) is 107 cm³/mol. The van der Waals surface area contributed by atoms with E-state index < -0.39 is 0 Å². The van der Waals surface area contributed by atoms with Crippen LogP contribution in [0.2, 0.25) is 0 Å². The highest BCUT2D eigenvalue weighted by molar-refractivity contribution is 5.77. The van der Waals surface area contributed by atoms with Crippen LogP contribution in [0.25, 0.3) is 11.4 Å². The smallest absolute Gasteiger partial charge is 0.260 e. The molecule has 0 N–H and O–H groups in total. The standard InChI is InChI=1S/C22H25N3O3/c1-4-17-9-11-19(12-10-17)27-15-21(26)25(5-2)14-20-23-22(24-28-20)18-8-6-7-16(3)13-18/h6-13H,4-5,14-15H2,1-3H3. The van der Waals surface area contributed by atoms with Crippen LogP contribution in [0.1, 0.15) is 30.9 Å². The first-order valence-electron chi connectivity index (χ1n) is 9.48. The first kappa shape index (κ1) is 19.6. The molecule has 6 nitrogen and oxygen atoms in total. The molecule has 0 spiro atoms. The van der Waals surface area contributed by atoms with Crippen LogP contribution in [0.5, 0.6) is 5.75 Å². The Hall–Kier alpha value is -3.15. The quantitative estimate of drug-likeness (QED) is 0.591. The average Bonchev–Trinajstić information content (AvgIpc) is 3.19. The minimum absolute atomic E-state index is 0.0296. The van der Waals surface area contributed by atoms with Crippen LogP contribution in [0, 0.1) is 6.92 Å². The molecule has 0 fully saturated rings. The van der Waals surface area contributed by atoms with Gasteiger partial charge in [-0.1, -0.05) is 48.0 Å². The summed E-state index contributed by atoms with van der Waals surface area (Å²) in [5.41, 5.74) is 3.25. The van der Waals surface area contributed by atoms with E-state index in [4.69, 9.17) is 9.26 Å². The lowest BCUT2D eigenvalue weighted by Crippen LogP contribution is -2.34. The van der Waals surface area contributed by atoms with Crippen molar-refractivity contribution < 1.29 is 14.1 Å². The maximum atomic E-state index is 12.5. The number of likely N-dealkylation sites (N-methyl/N-ethyl adjacent to an activating group) is 1. The van der Waals surface area contributed by atoms with E-state index in [-0.39, 0.29) is 19.1 Å². The van der Waals surface area contributed by atoms with Crippen LogP contribution in [0.3, 0.4) is 0 Å². The third-order valence-electron chi connectivity index (χ3n) is 4.50. The van der Waals surface area contributed by atoms with E-state index in [0.717, 1.165) is 17.5 Å². The molecule has 0 aliphatic heterocycles. The summed E-state index contributed by atoms with van der Waals surface area (Å²) in [6, 6.07) is 15.7. The Kier molecular flexibility index (Phi) is 6.42. The summed E-state index contributed by atoms with van der Waals surface area (Å²) < 4.78 is 11.0. The van der Waals surface area contributed by atoms with Gasteiger partial charge in [0.1, 0.15) is 12.3 Å². The van der Waals surface area contributed by atoms with Crippen LogP contribution in [-0.2, 0) is 17.8 Å². The lowest BCUT2D eigenvalue weighted by Gasteiger charge is -2.19. The second-order valence-electron chi connectivity index (χ2n) is 6.58. The fourth-order valence-electron chi connectivity index (χ4n) is 2.82. The van der Waals surface area contributed by atoms with Gasteiger partial charge in [0.25, 0.3) is 5.91 Å². The first-order chi connectivity index (χ1) is 13.6. The molecule has 0 radical (unpaired) electrons. The van der Waals surface area contributed by atoms with Gasteiger partial charge in [-0.25, -0.2) is 0 Å². The van der Waals surface area contributed by atoms with Gasteiger partial charge in [0.15, 0.2) is 6.61 Å². The molecule has 0 atom stereocenters. The minimum atomic E-state index is -0.127. The van der Waals surface area contributed by atoms with E-state index >= 15 is 0 Å². The van der Waals surface area contributed by atoms with Crippen molar-refractivity contribution in [1.29, 1.82) is 0 Å². The number of carbonyl (C=O) groups is 1. The van der Waals surface area contributed by atoms with Crippen molar-refractivity contribution in [2.75, 3.05) is 13.2 Å². The highest BCUT2D eigenvalue weighted by Gasteiger charge is 2.17. The zero-order valence-corrected chi connectivity index (χ0v) is 16.5. The molecule has 6 heteroatoms. The Morgan fingerprint density at radius 2 is 1.93 bits per heavy atom. The average molecular weight is 379 g/mol. The number of aromatic nitrogens is 2. The molecule has 0 aliphatic rings. The van der Waals surface area contributed by atoms with E-state index in [1.807, 2.05) is 62.4 Å². The van der Waals surface area contributed by atoms with Crippen LogP contribution < -0.4 is 4.74 Å². The summed E-state index contributed by atoms with van der Waals surface area (Å²) in [6.45, 7) is 6.77. The molecular weight excluding hydrogens is 354 g/mol. The Morgan fingerprint density at radius 3 is 2.61 bits per heavy atom. The van der Waals surface area contributed by atoms with Crippen LogP contribution >= 0.6 is 0 Å². The second kappa shape index (κ2) is 9.17. The van der Waals surface area contributed by atoms with Crippen molar-refractivity contribution in [1.82, 2.24) is 15.0 Å². The number of carbonyl (C=O) groups excluding carboxylic acids is 1. The summed E-state index contributed by atoms with van der Waals surface area (Å²) in [7, 11) is 0. The Balaban J connectivity index is 1.59. The zero-order valence-electron chi connectivity index (χ0n) is 16.5. The number of benzene rings is 2.